The van der Waals surface area contributed by atoms with E-state index < -0.39 is 5.97 Å². The van der Waals surface area contributed by atoms with Crippen molar-refractivity contribution in [3.63, 3.8) is 0 Å². The van der Waals surface area contributed by atoms with Crippen molar-refractivity contribution in [1.82, 2.24) is 10.4 Å². The average molecular weight is 328 g/mol. The molecule has 0 fully saturated rings. The SMILES string of the molecule is CCCCCCCCCCCC(=O)N(CCNCC)OC(C)=O. The fourth-order valence-electron chi connectivity index (χ4n) is 2.45. The number of likely N-dealkylation sites (N-methyl/N-ethyl adjacent to an activating group) is 1. The van der Waals surface area contributed by atoms with Crippen LogP contribution in [0.15, 0.2) is 0 Å². The first kappa shape index (κ1) is 21.9. The molecular weight excluding hydrogens is 292 g/mol. The van der Waals surface area contributed by atoms with Crippen LogP contribution in [-0.2, 0) is 14.4 Å². The molecule has 0 aliphatic rings. The Morgan fingerprint density at radius 2 is 1.48 bits per heavy atom. The highest BCUT2D eigenvalue weighted by molar-refractivity contribution is 5.77. The van der Waals surface area contributed by atoms with Gasteiger partial charge in [-0.25, -0.2) is 0 Å². The van der Waals surface area contributed by atoms with Crippen molar-refractivity contribution in [2.45, 2.75) is 85.0 Å². The molecule has 0 aliphatic carbocycles. The van der Waals surface area contributed by atoms with E-state index in [-0.39, 0.29) is 5.91 Å². The Morgan fingerprint density at radius 1 is 0.913 bits per heavy atom. The molecule has 23 heavy (non-hydrogen) atoms. The summed E-state index contributed by atoms with van der Waals surface area (Å²) in [6.07, 6.45) is 11.4. The Morgan fingerprint density at radius 3 is 2.00 bits per heavy atom. The number of nitrogens with one attached hydrogen (secondary N) is 1. The number of carbonyl (C=O) groups is 2. The van der Waals surface area contributed by atoms with E-state index in [1.165, 1.54) is 56.9 Å². The number of hydrogen-bond acceptors (Lipinski definition) is 4. The first-order chi connectivity index (χ1) is 11.1. The standard InChI is InChI=1S/C18H36N2O3/c1-4-6-7-8-9-10-11-12-13-14-18(22)20(23-17(3)21)16-15-19-5-2/h19H,4-16H2,1-3H3. The summed E-state index contributed by atoms with van der Waals surface area (Å²) in [7, 11) is 0. The maximum absolute atomic E-state index is 12.1. The summed E-state index contributed by atoms with van der Waals surface area (Å²) in [5, 5.41) is 4.33. The molecule has 1 N–H and O–H groups in total. The molecule has 0 heterocycles. The monoisotopic (exact) mass is 328 g/mol. The second-order valence-corrected chi connectivity index (χ2v) is 6.01. The number of rotatable bonds is 14. The third kappa shape index (κ3) is 14.2. The Labute approximate surface area is 142 Å². The van der Waals surface area contributed by atoms with Gasteiger partial charge in [-0.2, -0.15) is 5.06 Å². The number of hydroxylamine groups is 2. The predicted octanol–water partition coefficient (Wildman–Crippen LogP) is 3.82. The van der Waals surface area contributed by atoms with Gasteiger partial charge in [-0.3, -0.25) is 9.59 Å². The van der Waals surface area contributed by atoms with Crippen LogP contribution in [0.4, 0.5) is 0 Å². The van der Waals surface area contributed by atoms with Crippen LogP contribution in [0, 0.1) is 0 Å². The minimum atomic E-state index is -0.443. The first-order valence-electron chi connectivity index (χ1n) is 9.31. The van der Waals surface area contributed by atoms with Gasteiger partial charge < -0.3 is 10.2 Å². The molecule has 0 rings (SSSR count). The zero-order chi connectivity index (χ0) is 17.3. The minimum absolute atomic E-state index is 0.0963. The Balaban J connectivity index is 3.74. The summed E-state index contributed by atoms with van der Waals surface area (Å²) in [5.74, 6) is -0.539. The lowest BCUT2D eigenvalue weighted by molar-refractivity contribution is -0.196. The van der Waals surface area contributed by atoms with E-state index in [4.69, 9.17) is 4.84 Å². The molecule has 0 spiro atoms. The Kier molecular flexibility index (Phi) is 15.0. The van der Waals surface area contributed by atoms with Gasteiger partial charge in [0.25, 0.3) is 5.91 Å². The smallest absolute Gasteiger partial charge is 0.329 e. The third-order valence-electron chi connectivity index (χ3n) is 3.75. The highest BCUT2D eigenvalue weighted by Crippen LogP contribution is 2.11. The first-order valence-corrected chi connectivity index (χ1v) is 9.31. The summed E-state index contributed by atoms with van der Waals surface area (Å²) >= 11 is 0. The van der Waals surface area contributed by atoms with Gasteiger partial charge in [0.1, 0.15) is 0 Å². The van der Waals surface area contributed by atoms with Crippen LogP contribution in [0.5, 0.6) is 0 Å². The number of hydrogen-bond donors (Lipinski definition) is 1. The van der Waals surface area contributed by atoms with Crippen LogP contribution >= 0.6 is 0 Å². The topological polar surface area (TPSA) is 58.6 Å². The average Bonchev–Trinajstić information content (AvgIpc) is 2.52. The molecular formula is C18H36N2O3. The van der Waals surface area contributed by atoms with Crippen LogP contribution in [0.25, 0.3) is 0 Å². The molecule has 0 aromatic carbocycles. The minimum Gasteiger partial charge on any atom is -0.338 e. The fourth-order valence-corrected chi connectivity index (χ4v) is 2.45. The predicted molar refractivity (Wildman–Crippen MR) is 93.9 cm³/mol. The second kappa shape index (κ2) is 15.8. The van der Waals surface area contributed by atoms with Crippen LogP contribution < -0.4 is 5.32 Å². The van der Waals surface area contributed by atoms with Gasteiger partial charge in [-0.05, 0) is 13.0 Å². The van der Waals surface area contributed by atoms with Crippen LogP contribution in [0.2, 0.25) is 0 Å². The summed E-state index contributed by atoms with van der Waals surface area (Å²) in [4.78, 5) is 28.2. The molecule has 0 radical (unpaired) electrons. The van der Waals surface area contributed by atoms with Crippen molar-refractivity contribution in [2.75, 3.05) is 19.6 Å². The molecule has 0 aromatic heterocycles. The van der Waals surface area contributed by atoms with E-state index in [1.54, 1.807) is 0 Å². The molecule has 0 bridgehead atoms. The van der Waals surface area contributed by atoms with E-state index in [0.29, 0.717) is 19.5 Å². The highest BCUT2D eigenvalue weighted by atomic mass is 16.7. The van der Waals surface area contributed by atoms with Crippen molar-refractivity contribution in [1.29, 1.82) is 0 Å². The van der Waals surface area contributed by atoms with E-state index in [0.717, 1.165) is 19.4 Å². The van der Waals surface area contributed by atoms with Crippen molar-refractivity contribution >= 4 is 11.9 Å². The normalized spacial score (nSPS) is 10.6. The molecule has 136 valence electrons. The van der Waals surface area contributed by atoms with Gasteiger partial charge >= 0.3 is 5.97 Å². The molecule has 0 aliphatic heterocycles. The highest BCUT2D eigenvalue weighted by Gasteiger charge is 2.15. The molecule has 0 atom stereocenters. The maximum Gasteiger partial charge on any atom is 0.329 e. The Hall–Kier alpha value is -1.10. The molecule has 0 saturated carbocycles. The largest absolute Gasteiger partial charge is 0.338 e. The summed E-state index contributed by atoms with van der Waals surface area (Å²) in [5.41, 5.74) is 0. The van der Waals surface area contributed by atoms with E-state index >= 15 is 0 Å². The lowest BCUT2D eigenvalue weighted by Crippen LogP contribution is -2.38. The quantitative estimate of drug-likeness (QED) is 0.389. The van der Waals surface area contributed by atoms with Gasteiger partial charge in [0, 0.05) is 19.9 Å². The zero-order valence-electron chi connectivity index (χ0n) is 15.4. The van der Waals surface area contributed by atoms with Crippen LogP contribution in [0.1, 0.15) is 85.0 Å². The zero-order valence-corrected chi connectivity index (χ0v) is 15.4. The van der Waals surface area contributed by atoms with Gasteiger partial charge in [0.2, 0.25) is 0 Å². The fraction of sp³-hybridized carbons (Fsp3) is 0.889. The number of unbranched alkanes of at least 4 members (excludes halogenated alkanes) is 8. The van der Waals surface area contributed by atoms with Crippen LogP contribution in [-0.4, -0.2) is 36.6 Å². The second-order valence-electron chi connectivity index (χ2n) is 6.01. The molecule has 5 nitrogen and oxygen atoms in total. The number of carbonyl (C=O) groups excluding carboxylic acids is 2. The molecule has 0 saturated heterocycles. The lowest BCUT2D eigenvalue weighted by atomic mass is 10.1. The number of nitrogens with zero attached hydrogens (tertiary/aromatic N) is 1. The molecule has 5 heteroatoms. The van der Waals surface area contributed by atoms with E-state index in [1.807, 2.05) is 6.92 Å². The third-order valence-corrected chi connectivity index (χ3v) is 3.75. The van der Waals surface area contributed by atoms with Crippen molar-refractivity contribution in [3.05, 3.63) is 0 Å². The van der Waals surface area contributed by atoms with Gasteiger partial charge in [-0.1, -0.05) is 65.2 Å². The Bertz CT molecular complexity index is 309. The summed E-state index contributed by atoms with van der Waals surface area (Å²) in [6, 6.07) is 0. The van der Waals surface area contributed by atoms with E-state index in [2.05, 4.69) is 12.2 Å². The molecule has 0 unspecified atom stereocenters. The van der Waals surface area contributed by atoms with Crippen molar-refractivity contribution < 1.29 is 14.4 Å². The molecule has 1 amide bonds. The van der Waals surface area contributed by atoms with Crippen molar-refractivity contribution in [2.24, 2.45) is 0 Å². The van der Waals surface area contributed by atoms with Gasteiger partial charge in [0.15, 0.2) is 0 Å². The van der Waals surface area contributed by atoms with Crippen molar-refractivity contribution in [3.8, 4) is 0 Å². The maximum atomic E-state index is 12.1. The lowest BCUT2D eigenvalue weighted by Gasteiger charge is -2.20. The van der Waals surface area contributed by atoms with E-state index in [9.17, 15) is 9.59 Å². The summed E-state index contributed by atoms with van der Waals surface area (Å²) < 4.78 is 0. The van der Waals surface area contributed by atoms with Gasteiger partial charge in [0.05, 0.1) is 6.54 Å². The summed E-state index contributed by atoms with van der Waals surface area (Å²) in [6.45, 7) is 7.43. The van der Waals surface area contributed by atoms with Crippen LogP contribution in [0.3, 0.4) is 0 Å². The number of amides is 1. The van der Waals surface area contributed by atoms with Gasteiger partial charge in [-0.15, -0.1) is 0 Å². The molecule has 0 aromatic rings.